The molecule has 0 bridgehead atoms. The van der Waals surface area contributed by atoms with Gasteiger partial charge in [0.2, 0.25) is 0 Å². The number of carbonyl (C=O) groups excluding carboxylic acids is 1. The van der Waals surface area contributed by atoms with Crippen molar-refractivity contribution in [3.05, 3.63) is 0 Å². The fraction of sp³-hybridized carbons (Fsp3) is 0.938. The zero-order chi connectivity index (χ0) is 27.8. The molecule has 0 aromatic heterocycles. The molecule has 0 aromatic rings. The summed E-state index contributed by atoms with van der Waals surface area (Å²) in [7, 11) is 0. The van der Waals surface area contributed by atoms with Crippen LogP contribution in [0.4, 0.5) is 0 Å². The normalized spacial score (nSPS) is 15.2. The molecule has 4 unspecified atom stereocenters. The average molecular weight is 513 g/mol. The Morgan fingerprint density at radius 1 is 0.694 bits per heavy atom. The van der Waals surface area contributed by atoms with E-state index in [1.54, 1.807) is 0 Å². The largest absolute Gasteiger partial charge is 0.481 e. The minimum atomic E-state index is -0.576. The van der Waals surface area contributed by atoms with Crippen molar-refractivity contribution in [2.24, 2.45) is 23.2 Å². The van der Waals surface area contributed by atoms with E-state index >= 15 is 0 Å². The highest BCUT2D eigenvalue weighted by atomic mass is 16.5. The zero-order valence-electron chi connectivity index (χ0n) is 25.6. The van der Waals surface area contributed by atoms with E-state index in [2.05, 4.69) is 48.5 Å². The minimum Gasteiger partial charge on any atom is -0.481 e. The Balaban J connectivity index is 0. The summed E-state index contributed by atoms with van der Waals surface area (Å²) in [5, 5.41) is 9.62. The Labute approximate surface area is 225 Å². The summed E-state index contributed by atoms with van der Waals surface area (Å²) in [4.78, 5) is 23.6. The SMILES string of the molecule is CCCCC(CC)CC(CC)(CCCC)C(=O)O.CCCCC(CC)COC(=O)C(CC)CCCC. The molecule has 0 rings (SSSR count). The first-order valence-electron chi connectivity index (χ1n) is 15.6. The minimum absolute atomic E-state index is 0.0286. The van der Waals surface area contributed by atoms with Crippen LogP contribution in [0.15, 0.2) is 0 Å². The van der Waals surface area contributed by atoms with Crippen molar-refractivity contribution in [1.82, 2.24) is 0 Å². The van der Waals surface area contributed by atoms with Gasteiger partial charge < -0.3 is 9.84 Å². The van der Waals surface area contributed by atoms with Crippen molar-refractivity contribution in [1.29, 1.82) is 0 Å². The van der Waals surface area contributed by atoms with Gasteiger partial charge in [0.05, 0.1) is 17.9 Å². The number of esters is 1. The van der Waals surface area contributed by atoms with Gasteiger partial charge in [-0.15, -0.1) is 0 Å². The van der Waals surface area contributed by atoms with E-state index < -0.39 is 11.4 Å². The van der Waals surface area contributed by atoms with Crippen molar-refractivity contribution in [3.63, 3.8) is 0 Å². The smallest absolute Gasteiger partial charge is 0.309 e. The van der Waals surface area contributed by atoms with Crippen LogP contribution in [0.2, 0.25) is 0 Å². The number of carbonyl (C=O) groups is 2. The number of hydrogen-bond donors (Lipinski definition) is 1. The van der Waals surface area contributed by atoms with Crippen molar-refractivity contribution < 1.29 is 19.4 Å². The summed E-state index contributed by atoms with van der Waals surface area (Å²) in [6.45, 7) is 17.8. The van der Waals surface area contributed by atoms with E-state index in [-0.39, 0.29) is 11.9 Å². The van der Waals surface area contributed by atoms with Crippen LogP contribution in [-0.2, 0) is 14.3 Å². The van der Waals surface area contributed by atoms with Gasteiger partial charge in [0.1, 0.15) is 0 Å². The number of carboxylic acids is 1. The molecule has 0 aliphatic rings. The number of hydrogen-bond acceptors (Lipinski definition) is 3. The molecule has 0 aliphatic carbocycles. The van der Waals surface area contributed by atoms with Crippen LogP contribution in [0, 0.1) is 23.2 Å². The first-order chi connectivity index (χ1) is 17.2. The van der Waals surface area contributed by atoms with Gasteiger partial charge in [-0.2, -0.15) is 0 Å². The van der Waals surface area contributed by atoms with E-state index in [0.717, 1.165) is 70.6 Å². The summed E-state index contributed by atoms with van der Waals surface area (Å²) < 4.78 is 5.50. The van der Waals surface area contributed by atoms with E-state index in [0.29, 0.717) is 18.4 Å². The molecule has 0 saturated carbocycles. The quantitative estimate of drug-likeness (QED) is 0.146. The molecule has 36 heavy (non-hydrogen) atoms. The van der Waals surface area contributed by atoms with E-state index in [9.17, 15) is 14.7 Å². The number of ether oxygens (including phenoxy) is 1. The number of rotatable bonds is 22. The molecule has 0 fully saturated rings. The second-order valence-corrected chi connectivity index (χ2v) is 11.0. The Kier molecular flexibility index (Phi) is 25.0. The van der Waals surface area contributed by atoms with Gasteiger partial charge >= 0.3 is 11.9 Å². The van der Waals surface area contributed by atoms with Gasteiger partial charge in [-0.05, 0) is 50.4 Å². The van der Waals surface area contributed by atoms with Crippen LogP contribution in [0.5, 0.6) is 0 Å². The lowest BCUT2D eigenvalue weighted by Crippen LogP contribution is -2.33. The first kappa shape index (κ1) is 37.1. The second kappa shape index (κ2) is 24.3. The topological polar surface area (TPSA) is 63.6 Å². The van der Waals surface area contributed by atoms with Gasteiger partial charge in [0, 0.05) is 0 Å². The Morgan fingerprint density at radius 3 is 1.61 bits per heavy atom. The predicted molar refractivity (Wildman–Crippen MR) is 155 cm³/mol. The standard InChI is InChI=1S/2C16H32O2/c1-5-9-11-14(7-3)13-16(8-4,15(17)18)12-10-6-2;1-5-9-11-14(7-3)13-18-16(17)15(8-4)12-10-6-2/h14H,5-13H2,1-4H3,(H,17,18);14-15H,5-13H2,1-4H3. The summed E-state index contributed by atoms with van der Waals surface area (Å²) in [6.07, 6.45) is 18.3. The van der Waals surface area contributed by atoms with E-state index in [1.807, 2.05) is 6.92 Å². The lowest BCUT2D eigenvalue weighted by atomic mass is 9.72. The molecule has 0 spiro atoms. The fourth-order valence-electron chi connectivity index (χ4n) is 4.93. The molecule has 4 atom stereocenters. The van der Waals surface area contributed by atoms with E-state index in [1.165, 1.54) is 38.5 Å². The first-order valence-corrected chi connectivity index (χ1v) is 15.6. The molecule has 0 saturated heterocycles. The molecular weight excluding hydrogens is 448 g/mol. The number of aliphatic carboxylic acids is 1. The summed E-state index contributed by atoms with van der Waals surface area (Å²) in [5.41, 5.74) is -0.468. The Hall–Kier alpha value is -1.06. The fourth-order valence-corrected chi connectivity index (χ4v) is 4.93. The van der Waals surface area contributed by atoms with Gasteiger partial charge in [-0.1, -0.05) is 126 Å². The van der Waals surface area contributed by atoms with Crippen molar-refractivity contribution >= 4 is 11.9 Å². The molecule has 0 radical (unpaired) electrons. The van der Waals surface area contributed by atoms with Gasteiger partial charge in [-0.25, -0.2) is 0 Å². The van der Waals surface area contributed by atoms with Gasteiger partial charge in [0.25, 0.3) is 0 Å². The van der Waals surface area contributed by atoms with Gasteiger partial charge in [0.15, 0.2) is 0 Å². The maximum absolute atomic E-state index is 12.0. The molecule has 0 amide bonds. The Morgan fingerprint density at radius 2 is 1.19 bits per heavy atom. The molecule has 1 N–H and O–H groups in total. The summed E-state index contributed by atoms with van der Waals surface area (Å²) in [5.74, 6) is 0.707. The molecule has 4 heteroatoms. The highest BCUT2D eigenvalue weighted by Gasteiger charge is 2.37. The van der Waals surface area contributed by atoms with Crippen molar-refractivity contribution in [2.75, 3.05) is 6.61 Å². The maximum atomic E-state index is 12.0. The van der Waals surface area contributed by atoms with Crippen LogP contribution >= 0.6 is 0 Å². The third kappa shape index (κ3) is 16.6. The number of carboxylic acid groups (broad SMARTS) is 1. The van der Waals surface area contributed by atoms with Crippen LogP contribution in [0.3, 0.4) is 0 Å². The molecule has 0 aromatic carbocycles. The molecule has 0 aliphatic heterocycles. The van der Waals surface area contributed by atoms with Crippen LogP contribution < -0.4 is 0 Å². The van der Waals surface area contributed by atoms with Crippen molar-refractivity contribution in [2.45, 2.75) is 165 Å². The van der Waals surface area contributed by atoms with Crippen molar-refractivity contribution in [3.8, 4) is 0 Å². The lowest BCUT2D eigenvalue weighted by Gasteiger charge is -2.32. The number of unbranched alkanes of at least 4 members (excludes halogenated alkanes) is 4. The third-order valence-electron chi connectivity index (χ3n) is 8.10. The summed E-state index contributed by atoms with van der Waals surface area (Å²) >= 11 is 0. The lowest BCUT2D eigenvalue weighted by molar-refractivity contribution is -0.151. The molecular formula is C32H64O4. The zero-order valence-corrected chi connectivity index (χ0v) is 25.6. The Bertz CT molecular complexity index is 516. The predicted octanol–water partition coefficient (Wildman–Crippen LogP) is 10.2. The highest BCUT2D eigenvalue weighted by Crippen LogP contribution is 2.38. The van der Waals surface area contributed by atoms with Crippen LogP contribution in [-0.4, -0.2) is 23.7 Å². The van der Waals surface area contributed by atoms with Crippen LogP contribution in [0.25, 0.3) is 0 Å². The second-order valence-electron chi connectivity index (χ2n) is 11.0. The monoisotopic (exact) mass is 512 g/mol. The molecule has 216 valence electrons. The molecule has 4 nitrogen and oxygen atoms in total. The molecule has 0 heterocycles. The maximum Gasteiger partial charge on any atom is 0.309 e. The van der Waals surface area contributed by atoms with Crippen LogP contribution in [0.1, 0.15) is 165 Å². The third-order valence-corrected chi connectivity index (χ3v) is 8.10. The summed E-state index contributed by atoms with van der Waals surface area (Å²) in [6, 6.07) is 0. The van der Waals surface area contributed by atoms with Gasteiger partial charge in [-0.3, -0.25) is 9.59 Å². The highest BCUT2D eigenvalue weighted by molar-refractivity contribution is 5.74. The van der Waals surface area contributed by atoms with E-state index in [4.69, 9.17) is 4.74 Å². The average Bonchev–Trinajstić information content (AvgIpc) is 2.89.